The zero-order chi connectivity index (χ0) is 13.0. The van der Waals surface area contributed by atoms with Gasteiger partial charge in [0.25, 0.3) is 0 Å². The minimum atomic E-state index is -0.181. The van der Waals surface area contributed by atoms with E-state index in [0.717, 1.165) is 19.0 Å². The molecule has 0 aromatic carbocycles. The van der Waals surface area contributed by atoms with E-state index >= 15 is 0 Å². The van der Waals surface area contributed by atoms with E-state index in [2.05, 4.69) is 17.6 Å². The van der Waals surface area contributed by atoms with E-state index in [1.165, 1.54) is 25.7 Å². The lowest BCUT2D eigenvalue weighted by Crippen LogP contribution is -2.56. The fraction of sp³-hybridized carbons (Fsp3) is 0.929. The second-order valence-corrected chi connectivity index (χ2v) is 5.89. The zero-order valence-corrected chi connectivity index (χ0v) is 12.8. The topological polar surface area (TPSA) is 50.4 Å². The molecule has 19 heavy (non-hydrogen) atoms. The van der Waals surface area contributed by atoms with Gasteiger partial charge in [-0.05, 0) is 31.6 Å². The molecule has 2 rings (SSSR count). The highest BCUT2D eigenvalue weighted by atomic mass is 35.5. The van der Waals surface area contributed by atoms with Gasteiger partial charge in [0.05, 0.1) is 12.7 Å². The number of morpholine rings is 1. The first-order valence-electron chi connectivity index (χ1n) is 7.29. The number of ether oxygens (including phenoxy) is 1. The number of hydrogen-bond acceptors (Lipinski definition) is 3. The molecule has 1 saturated carbocycles. The maximum Gasteiger partial charge on any atom is 0.239 e. The summed E-state index contributed by atoms with van der Waals surface area (Å²) in [4.78, 5) is 12.1. The Balaban J connectivity index is 0.00000180. The number of rotatable bonds is 3. The standard InChI is InChI=1S/C14H26N2O2.ClH/c1-10-4-3-5-12(8-10)9-16-14(17)13-11(2)18-7-6-15-13;/h10-13,15H,3-9H2,1-2H3,(H,16,17);1H/t10?,11-,12?,13+;/m1./s1. The highest BCUT2D eigenvalue weighted by Crippen LogP contribution is 2.27. The Hall–Kier alpha value is -0.320. The molecule has 2 unspecified atom stereocenters. The monoisotopic (exact) mass is 290 g/mol. The van der Waals surface area contributed by atoms with Crippen molar-refractivity contribution in [2.75, 3.05) is 19.7 Å². The Labute approximate surface area is 122 Å². The molecule has 112 valence electrons. The highest BCUT2D eigenvalue weighted by Gasteiger charge is 2.28. The van der Waals surface area contributed by atoms with Crippen molar-refractivity contribution < 1.29 is 9.53 Å². The minimum Gasteiger partial charge on any atom is -0.375 e. The van der Waals surface area contributed by atoms with E-state index in [0.29, 0.717) is 12.5 Å². The second-order valence-electron chi connectivity index (χ2n) is 5.89. The third kappa shape index (κ3) is 4.93. The summed E-state index contributed by atoms with van der Waals surface area (Å²) in [5.74, 6) is 1.58. The van der Waals surface area contributed by atoms with Gasteiger partial charge in [0.2, 0.25) is 5.91 Å². The molecule has 0 radical (unpaired) electrons. The van der Waals surface area contributed by atoms with E-state index < -0.39 is 0 Å². The SMILES string of the molecule is CC1CCCC(CNC(=O)[C@H]2NCCO[C@@H]2C)C1.Cl. The van der Waals surface area contributed by atoms with Crippen molar-refractivity contribution in [2.24, 2.45) is 11.8 Å². The third-order valence-corrected chi connectivity index (χ3v) is 4.21. The van der Waals surface area contributed by atoms with Crippen LogP contribution in [-0.2, 0) is 9.53 Å². The molecule has 0 bridgehead atoms. The van der Waals surface area contributed by atoms with Gasteiger partial charge in [-0.3, -0.25) is 4.79 Å². The van der Waals surface area contributed by atoms with E-state index in [1.807, 2.05) is 6.92 Å². The number of hydrogen-bond donors (Lipinski definition) is 2. The van der Waals surface area contributed by atoms with Gasteiger partial charge in [0.1, 0.15) is 6.04 Å². The maximum absolute atomic E-state index is 12.1. The smallest absolute Gasteiger partial charge is 0.239 e. The lowest BCUT2D eigenvalue weighted by molar-refractivity contribution is -0.129. The average molecular weight is 291 g/mol. The van der Waals surface area contributed by atoms with Crippen LogP contribution < -0.4 is 10.6 Å². The molecule has 5 heteroatoms. The van der Waals surface area contributed by atoms with E-state index in [-0.39, 0.29) is 30.5 Å². The number of carbonyl (C=O) groups is 1. The van der Waals surface area contributed by atoms with Crippen LogP contribution in [0.3, 0.4) is 0 Å². The molecule has 2 fully saturated rings. The minimum absolute atomic E-state index is 0. The van der Waals surface area contributed by atoms with E-state index in [1.54, 1.807) is 0 Å². The molecule has 2 aliphatic rings. The number of amides is 1. The molecule has 1 heterocycles. The zero-order valence-electron chi connectivity index (χ0n) is 12.0. The Kier molecular flexibility index (Phi) is 7.11. The van der Waals surface area contributed by atoms with Crippen molar-refractivity contribution in [1.82, 2.24) is 10.6 Å². The van der Waals surface area contributed by atoms with Crippen molar-refractivity contribution in [3.63, 3.8) is 0 Å². The van der Waals surface area contributed by atoms with Gasteiger partial charge in [0, 0.05) is 13.1 Å². The molecule has 1 saturated heterocycles. The molecule has 0 spiro atoms. The molecular formula is C14H27ClN2O2. The maximum atomic E-state index is 12.1. The first-order valence-corrected chi connectivity index (χ1v) is 7.29. The van der Waals surface area contributed by atoms with Crippen LogP contribution in [-0.4, -0.2) is 37.7 Å². The quantitative estimate of drug-likeness (QED) is 0.832. The van der Waals surface area contributed by atoms with Gasteiger partial charge in [0.15, 0.2) is 0 Å². The van der Waals surface area contributed by atoms with Gasteiger partial charge in [-0.1, -0.05) is 19.8 Å². The molecule has 0 aromatic rings. The molecule has 0 aromatic heterocycles. The Bertz CT molecular complexity index is 289. The van der Waals surface area contributed by atoms with Crippen LogP contribution in [0.4, 0.5) is 0 Å². The van der Waals surface area contributed by atoms with Crippen LogP contribution in [0, 0.1) is 11.8 Å². The Morgan fingerprint density at radius 3 is 2.84 bits per heavy atom. The summed E-state index contributed by atoms with van der Waals surface area (Å²) in [5.41, 5.74) is 0. The molecular weight excluding hydrogens is 264 g/mol. The molecule has 4 nitrogen and oxygen atoms in total. The number of halogens is 1. The van der Waals surface area contributed by atoms with Crippen LogP contribution in [0.5, 0.6) is 0 Å². The lowest BCUT2D eigenvalue weighted by atomic mass is 9.82. The summed E-state index contributed by atoms with van der Waals surface area (Å²) in [6.45, 7) is 6.56. The van der Waals surface area contributed by atoms with Crippen molar-refractivity contribution in [3.05, 3.63) is 0 Å². The van der Waals surface area contributed by atoms with Gasteiger partial charge in [-0.25, -0.2) is 0 Å². The van der Waals surface area contributed by atoms with Crippen LogP contribution in [0.15, 0.2) is 0 Å². The molecule has 4 atom stereocenters. The van der Waals surface area contributed by atoms with Gasteiger partial charge in [-0.15, -0.1) is 12.4 Å². The summed E-state index contributed by atoms with van der Waals surface area (Å²) in [6.07, 6.45) is 5.14. The van der Waals surface area contributed by atoms with Crippen LogP contribution in [0.2, 0.25) is 0 Å². The third-order valence-electron chi connectivity index (χ3n) is 4.21. The van der Waals surface area contributed by atoms with Gasteiger partial charge < -0.3 is 15.4 Å². The van der Waals surface area contributed by atoms with Crippen LogP contribution in [0.1, 0.15) is 39.5 Å². The average Bonchev–Trinajstić information content (AvgIpc) is 2.37. The molecule has 1 aliphatic heterocycles. The van der Waals surface area contributed by atoms with Gasteiger partial charge >= 0.3 is 0 Å². The fourth-order valence-electron chi connectivity index (χ4n) is 3.13. The normalized spacial score (nSPS) is 35.3. The molecule has 1 aliphatic carbocycles. The lowest BCUT2D eigenvalue weighted by Gasteiger charge is -2.31. The highest BCUT2D eigenvalue weighted by molar-refractivity contribution is 5.85. The first kappa shape index (κ1) is 16.7. The number of carbonyl (C=O) groups excluding carboxylic acids is 1. The fourth-order valence-corrected chi connectivity index (χ4v) is 3.13. The largest absolute Gasteiger partial charge is 0.375 e. The Morgan fingerprint density at radius 1 is 1.37 bits per heavy atom. The van der Waals surface area contributed by atoms with E-state index in [9.17, 15) is 4.79 Å². The summed E-state index contributed by atoms with van der Waals surface area (Å²) >= 11 is 0. The number of nitrogens with one attached hydrogen (secondary N) is 2. The van der Waals surface area contributed by atoms with Crippen molar-refractivity contribution in [1.29, 1.82) is 0 Å². The van der Waals surface area contributed by atoms with Crippen LogP contribution >= 0.6 is 12.4 Å². The summed E-state index contributed by atoms with van der Waals surface area (Å²) in [6, 6.07) is -0.181. The first-order chi connectivity index (χ1) is 8.66. The van der Waals surface area contributed by atoms with E-state index in [4.69, 9.17) is 4.74 Å². The summed E-state index contributed by atoms with van der Waals surface area (Å²) < 4.78 is 5.50. The van der Waals surface area contributed by atoms with Crippen molar-refractivity contribution >= 4 is 18.3 Å². The summed E-state index contributed by atoms with van der Waals surface area (Å²) in [5, 5.41) is 6.32. The van der Waals surface area contributed by atoms with Crippen LogP contribution in [0.25, 0.3) is 0 Å². The molecule has 2 N–H and O–H groups in total. The summed E-state index contributed by atoms with van der Waals surface area (Å²) in [7, 11) is 0. The molecule has 1 amide bonds. The Morgan fingerprint density at radius 2 is 2.16 bits per heavy atom. The van der Waals surface area contributed by atoms with Crippen molar-refractivity contribution in [2.45, 2.75) is 51.7 Å². The second kappa shape index (κ2) is 8.08. The predicted molar refractivity (Wildman–Crippen MR) is 78.6 cm³/mol. The predicted octanol–water partition coefficient (Wildman–Crippen LogP) is 1.73. The van der Waals surface area contributed by atoms with Crippen molar-refractivity contribution in [3.8, 4) is 0 Å². The van der Waals surface area contributed by atoms with Gasteiger partial charge in [-0.2, -0.15) is 0 Å².